The number of Topliss-reactive ketones (excluding diaryl/α,β-unsaturated/α-hetero) is 2. The molecule has 0 fully saturated rings. The van der Waals surface area contributed by atoms with Crippen LogP contribution in [0.4, 0.5) is 0 Å². The van der Waals surface area contributed by atoms with Crippen LogP contribution in [-0.2, 0) is 4.79 Å². The molecule has 0 aliphatic carbocycles. The van der Waals surface area contributed by atoms with Crippen molar-refractivity contribution in [1.29, 1.82) is 0 Å². The number of carbonyl (C=O) groups is 2. The van der Waals surface area contributed by atoms with Gasteiger partial charge in [-0.1, -0.05) is 53.2 Å². The predicted molar refractivity (Wildman–Crippen MR) is 58.8 cm³/mol. The molecular weight excluding hydrogens is 244 g/mol. The van der Waals surface area contributed by atoms with Crippen LogP contribution < -0.4 is 0 Å². The topological polar surface area (TPSA) is 34.1 Å². The molecule has 0 radical (unpaired) electrons. The summed E-state index contributed by atoms with van der Waals surface area (Å²) in [6.45, 7) is 1.74. The molecule has 1 rings (SSSR count). The maximum Gasteiger partial charge on any atom is 0.183 e. The van der Waals surface area contributed by atoms with E-state index < -0.39 is 4.83 Å². The Morgan fingerprint density at radius 3 is 2.36 bits per heavy atom. The summed E-state index contributed by atoms with van der Waals surface area (Å²) in [6.07, 6.45) is 0.370. The molecule has 3 heteroatoms. The number of halogens is 1. The van der Waals surface area contributed by atoms with Gasteiger partial charge >= 0.3 is 0 Å². The van der Waals surface area contributed by atoms with Crippen LogP contribution in [0, 0.1) is 0 Å². The van der Waals surface area contributed by atoms with Crippen molar-refractivity contribution in [2.24, 2.45) is 0 Å². The van der Waals surface area contributed by atoms with Gasteiger partial charge in [0.15, 0.2) is 11.6 Å². The first-order valence-corrected chi connectivity index (χ1v) is 5.34. The van der Waals surface area contributed by atoms with E-state index in [4.69, 9.17) is 0 Å². The van der Waals surface area contributed by atoms with Crippen molar-refractivity contribution >= 4 is 27.5 Å². The third-order valence-corrected chi connectivity index (χ3v) is 2.85. The molecule has 1 atom stereocenters. The molecule has 0 spiro atoms. The summed E-state index contributed by atoms with van der Waals surface area (Å²) in [4.78, 5) is 22.2. The molecular formula is C11H11BrO2. The Balaban J connectivity index is 2.81. The van der Waals surface area contributed by atoms with Gasteiger partial charge in [0, 0.05) is 12.0 Å². The van der Waals surface area contributed by atoms with Crippen molar-refractivity contribution in [2.45, 2.75) is 18.2 Å². The first-order chi connectivity index (χ1) is 6.66. The van der Waals surface area contributed by atoms with Crippen LogP contribution in [0.15, 0.2) is 30.3 Å². The number of alkyl halides is 1. The fourth-order valence-corrected chi connectivity index (χ4v) is 1.66. The second-order valence-electron chi connectivity index (χ2n) is 2.91. The van der Waals surface area contributed by atoms with Gasteiger partial charge in [0.05, 0.1) is 0 Å². The van der Waals surface area contributed by atoms with Crippen molar-refractivity contribution in [1.82, 2.24) is 0 Å². The molecule has 0 saturated carbocycles. The normalized spacial score (nSPS) is 12.1. The summed E-state index contributed by atoms with van der Waals surface area (Å²) in [5.74, 6) is -0.253. The average molecular weight is 255 g/mol. The second-order valence-corrected chi connectivity index (χ2v) is 3.83. The van der Waals surface area contributed by atoms with Crippen LogP contribution in [0.1, 0.15) is 23.7 Å². The highest BCUT2D eigenvalue weighted by atomic mass is 79.9. The van der Waals surface area contributed by atoms with Gasteiger partial charge in [-0.2, -0.15) is 0 Å². The Hall–Kier alpha value is -0.960. The molecule has 1 unspecified atom stereocenters. The van der Waals surface area contributed by atoms with Crippen LogP contribution in [0.3, 0.4) is 0 Å². The maximum atomic E-state index is 11.7. The first kappa shape index (κ1) is 11.1. The number of carbonyl (C=O) groups excluding carboxylic acids is 2. The Labute approximate surface area is 91.4 Å². The van der Waals surface area contributed by atoms with Crippen LogP contribution in [-0.4, -0.2) is 16.4 Å². The zero-order valence-electron chi connectivity index (χ0n) is 7.87. The van der Waals surface area contributed by atoms with E-state index in [9.17, 15) is 9.59 Å². The summed E-state index contributed by atoms with van der Waals surface area (Å²) >= 11 is 3.11. The second kappa shape index (κ2) is 5.05. The van der Waals surface area contributed by atoms with Gasteiger partial charge in [0.1, 0.15) is 4.83 Å². The summed E-state index contributed by atoms with van der Waals surface area (Å²) in [7, 11) is 0. The minimum Gasteiger partial charge on any atom is -0.298 e. The monoisotopic (exact) mass is 254 g/mol. The Bertz CT molecular complexity index is 332. The molecule has 0 saturated heterocycles. The molecule has 1 aromatic rings. The standard InChI is InChI=1S/C11H11BrO2/c1-2-9(13)10(12)11(14)8-6-4-3-5-7-8/h3-7,10H,2H2,1H3. The average Bonchev–Trinajstić information content (AvgIpc) is 2.27. The number of hydrogen-bond acceptors (Lipinski definition) is 2. The minimum absolute atomic E-state index is 0.0844. The Morgan fingerprint density at radius 2 is 1.86 bits per heavy atom. The van der Waals surface area contributed by atoms with Gasteiger partial charge in [-0.15, -0.1) is 0 Å². The van der Waals surface area contributed by atoms with E-state index in [-0.39, 0.29) is 11.6 Å². The highest BCUT2D eigenvalue weighted by Crippen LogP contribution is 2.12. The van der Waals surface area contributed by atoms with E-state index in [1.165, 1.54) is 0 Å². The SMILES string of the molecule is CCC(=O)C(Br)C(=O)c1ccccc1. The Morgan fingerprint density at radius 1 is 1.29 bits per heavy atom. The number of hydrogen-bond donors (Lipinski definition) is 0. The lowest BCUT2D eigenvalue weighted by atomic mass is 10.1. The zero-order chi connectivity index (χ0) is 10.6. The number of benzene rings is 1. The third kappa shape index (κ3) is 2.51. The smallest absolute Gasteiger partial charge is 0.183 e. The van der Waals surface area contributed by atoms with Gasteiger partial charge in [-0.05, 0) is 0 Å². The fourth-order valence-electron chi connectivity index (χ4n) is 1.07. The lowest BCUT2D eigenvalue weighted by Crippen LogP contribution is -2.23. The van der Waals surface area contributed by atoms with E-state index >= 15 is 0 Å². The first-order valence-electron chi connectivity index (χ1n) is 4.43. The van der Waals surface area contributed by atoms with Gasteiger partial charge in [-0.25, -0.2) is 0 Å². The number of ketones is 2. The van der Waals surface area contributed by atoms with E-state index in [0.717, 1.165) is 0 Å². The van der Waals surface area contributed by atoms with Gasteiger partial charge in [-0.3, -0.25) is 9.59 Å². The molecule has 0 amide bonds. The molecule has 0 aliphatic rings. The van der Waals surface area contributed by atoms with Crippen molar-refractivity contribution in [3.63, 3.8) is 0 Å². The van der Waals surface area contributed by atoms with E-state index in [1.807, 2.05) is 6.07 Å². The van der Waals surface area contributed by atoms with Crippen molar-refractivity contribution < 1.29 is 9.59 Å². The van der Waals surface area contributed by atoms with E-state index in [2.05, 4.69) is 15.9 Å². The van der Waals surface area contributed by atoms with Crippen molar-refractivity contribution in [3.05, 3.63) is 35.9 Å². The molecule has 74 valence electrons. The quantitative estimate of drug-likeness (QED) is 0.471. The Kier molecular flexibility index (Phi) is 4.01. The van der Waals surface area contributed by atoms with Crippen LogP contribution >= 0.6 is 15.9 Å². The molecule has 2 nitrogen and oxygen atoms in total. The highest BCUT2D eigenvalue weighted by molar-refractivity contribution is 9.10. The zero-order valence-corrected chi connectivity index (χ0v) is 9.45. The maximum absolute atomic E-state index is 11.7. The fraction of sp³-hybridized carbons (Fsp3) is 0.273. The van der Waals surface area contributed by atoms with E-state index in [1.54, 1.807) is 31.2 Å². The van der Waals surface area contributed by atoms with Crippen LogP contribution in [0.2, 0.25) is 0 Å². The summed E-state index contributed by atoms with van der Waals surface area (Å²) in [5.41, 5.74) is 0.566. The largest absolute Gasteiger partial charge is 0.298 e. The molecule has 1 aromatic carbocycles. The van der Waals surface area contributed by atoms with Crippen LogP contribution in [0.5, 0.6) is 0 Å². The minimum atomic E-state index is -0.699. The van der Waals surface area contributed by atoms with Crippen molar-refractivity contribution in [3.8, 4) is 0 Å². The van der Waals surface area contributed by atoms with Crippen molar-refractivity contribution in [2.75, 3.05) is 0 Å². The van der Waals surface area contributed by atoms with Gasteiger partial charge < -0.3 is 0 Å². The molecule has 0 aliphatic heterocycles. The van der Waals surface area contributed by atoms with E-state index in [0.29, 0.717) is 12.0 Å². The number of rotatable bonds is 4. The highest BCUT2D eigenvalue weighted by Gasteiger charge is 2.22. The predicted octanol–water partition coefficient (Wildman–Crippen LogP) is 2.61. The lowest BCUT2D eigenvalue weighted by molar-refractivity contribution is -0.117. The molecule has 14 heavy (non-hydrogen) atoms. The van der Waals surface area contributed by atoms with Gasteiger partial charge in [0.25, 0.3) is 0 Å². The molecule has 0 heterocycles. The summed E-state index contributed by atoms with van der Waals surface area (Å²) in [6, 6.07) is 8.81. The lowest BCUT2D eigenvalue weighted by Gasteiger charge is -2.05. The third-order valence-electron chi connectivity index (χ3n) is 1.92. The summed E-state index contributed by atoms with van der Waals surface area (Å²) in [5, 5.41) is 0. The molecule has 0 aromatic heterocycles. The van der Waals surface area contributed by atoms with Gasteiger partial charge in [0.2, 0.25) is 0 Å². The summed E-state index contributed by atoms with van der Waals surface area (Å²) < 4.78 is 0. The molecule has 0 N–H and O–H groups in total. The molecule has 0 bridgehead atoms. The van der Waals surface area contributed by atoms with Crippen LogP contribution in [0.25, 0.3) is 0 Å².